The predicted octanol–water partition coefficient (Wildman–Crippen LogP) is 3.56. The van der Waals surface area contributed by atoms with Gasteiger partial charge in [-0.3, -0.25) is 0 Å². The molecule has 0 saturated heterocycles. The van der Waals surface area contributed by atoms with Gasteiger partial charge in [-0.1, -0.05) is 24.3 Å². The summed E-state index contributed by atoms with van der Waals surface area (Å²) in [5.74, 6) is -0.684. The Kier molecular flexibility index (Phi) is 4.12. The van der Waals surface area contributed by atoms with E-state index in [2.05, 4.69) is 0 Å². The van der Waals surface area contributed by atoms with Gasteiger partial charge in [-0.05, 0) is 25.1 Å². The summed E-state index contributed by atoms with van der Waals surface area (Å²) in [6.07, 6.45) is 0. The third kappa shape index (κ3) is 3.09. The summed E-state index contributed by atoms with van der Waals surface area (Å²) >= 11 is 0. The Morgan fingerprint density at radius 3 is 2.32 bits per heavy atom. The molecule has 0 aliphatic carbocycles. The minimum absolute atomic E-state index is 0.0815. The van der Waals surface area contributed by atoms with E-state index in [0.29, 0.717) is 5.75 Å². The van der Waals surface area contributed by atoms with Crippen LogP contribution in [0, 0.1) is 11.6 Å². The fourth-order valence-corrected chi connectivity index (χ4v) is 1.81. The summed E-state index contributed by atoms with van der Waals surface area (Å²) in [6.45, 7) is 1.66. The van der Waals surface area contributed by atoms with Crippen molar-refractivity contribution < 1.29 is 13.5 Å². The first-order chi connectivity index (χ1) is 9.09. The minimum atomic E-state index is -0.613. The Bertz CT molecular complexity index is 550. The maximum Gasteiger partial charge on any atom is 0.132 e. The highest BCUT2D eigenvalue weighted by atomic mass is 19.1. The zero-order valence-corrected chi connectivity index (χ0v) is 10.6. The van der Waals surface area contributed by atoms with Crippen molar-refractivity contribution in [3.8, 4) is 5.75 Å². The average molecular weight is 263 g/mol. The fraction of sp³-hybridized carbons (Fsp3) is 0.200. The molecule has 0 aromatic heterocycles. The summed E-state index contributed by atoms with van der Waals surface area (Å²) in [5, 5.41) is 0. The molecule has 0 amide bonds. The Balaban J connectivity index is 2.19. The van der Waals surface area contributed by atoms with Crippen LogP contribution in [0.1, 0.15) is 24.1 Å². The molecule has 1 unspecified atom stereocenters. The second-order valence-corrected chi connectivity index (χ2v) is 4.32. The van der Waals surface area contributed by atoms with Crippen LogP contribution in [-0.4, -0.2) is 0 Å². The lowest BCUT2D eigenvalue weighted by molar-refractivity contribution is 0.288. The molecule has 2 aromatic rings. The summed E-state index contributed by atoms with van der Waals surface area (Å²) in [6, 6.07) is 10.7. The first-order valence-corrected chi connectivity index (χ1v) is 6.00. The van der Waals surface area contributed by atoms with E-state index < -0.39 is 11.6 Å². The van der Waals surface area contributed by atoms with E-state index in [4.69, 9.17) is 10.5 Å². The fourth-order valence-electron chi connectivity index (χ4n) is 1.81. The molecule has 0 radical (unpaired) electrons. The molecule has 0 aliphatic rings. The Morgan fingerprint density at radius 2 is 1.68 bits per heavy atom. The molecule has 100 valence electrons. The maximum absolute atomic E-state index is 13.5. The number of para-hydroxylation sites is 1. The van der Waals surface area contributed by atoms with Crippen molar-refractivity contribution in [3.63, 3.8) is 0 Å². The van der Waals surface area contributed by atoms with E-state index in [1.165, 1.54) is 18.2 Å². The summed E-state index contributed by atoms with van der Waals surface area (Å²) in [7, 11) is 0. The first kappa shape index (κ1) is 13.5. The number of ether oxygens (including phenoxy) is 1. The van der Waals surface area contributed by atoms with Crippen molar-refractivity contribution in [1.82, 2.24) is 0 Å². The molecule has 2 nitrogen and oxygen atoms in total. The normalized spacial score (nSPS) is 12.2. The van der Waals surface area contributed by atoms with Gasteiger partial charge in [-0.2, -0.15) is 0 Å². The molecule has 2 aromatic carbocycles. The van der Waals surface area contributed by atoms with Crippen molar-refractivity contribution in [3.05, 3.63) is 65.2 Å². The van der Waals surface area contributed by atoms with Gasteiger partial charge in [0.25, 0.3) is 0 Å². The molecular formula is C15H15F2NO. The monoisotopic (exact) mass is 263 g/mol. The lowest BCUT2D eigenvalue weighted by Gasteiger charge is -2.14. The number of nitrogens with two attached hydrogens (primary N) is 1. The largest absolute Gasteiger partial charge is 0.488 e. The molecule has 0 bridgehead atoms. The van der Waals surface area contributed by atoms with Crippen LogP contribution >= 0.6 is 0 Å². The topological polar surface area (TPSA) is 35.2 Å². The Labute approximate surface area is 110 Å². The third-order valence-electron chi connectivity index (χ3n) is 2.84. The minimum Gasteiger partial charge on any atom is -0.488 e. The van der Waals surface area contributed by atoms with E-state index in [-0.39, 0.29) is 18.2 Å². The van der Waals surface area contributed by atoms with Crippen molar-refractivity contribution >= 4 is 0 Å². The van der Waals surface area contributed by atoms with Gasteiger partial charge in [0.15, 0.2) is 0 Å². The van der Waals surface area contributed by atoms with Gasteiger partial charge < -0.3 is 10.5 Å². The van der Waals surface area contributed by atoms with Gasteiger partial charge in [-0.25, -0.2) is 8.78 Å². The molecule has 4 heteroatoms. The van der Waals surface area contributed by atoms with Crippen molar-refractivity contribution in [2.45, 2.75) is 19.6 Å². The van der Waals surface area contributed by atoms with Crippen molar-refractivity contribution in [1.29, 1.82) is 0 Å². The lowest BCUT2D eigenvalue weighted by Crippen LogP contribution is -2.09. The first-order valence-electron chi connectivity index (χ1n) is 6.00. The lowest BCUT2D eigenvalue weighted by atomic mass is 10.1. The van der Waals surface area contributed by atoms with Crippen LogP contribution in [-0.2, 0) is 6.61 Å². The van der Waals surface area contributed by atoms with Gasteiger partial charge in [0.2, 0.25) is 0 Å². The van der Waals surface area contributed by atoms with Crippen LogP contribution in [0.5, 0.6) is 5.75 Å². The molecule has 0 fully saturated rings. The molecule has 19 heavy (non-hydrogen) atoms. The molecule has 2 N–H and O–H groups in total. The molecule has 0 aliphatic heterocycles. The summed E-state index contributed by atoms with van der Waals surface area (Å²) in [4.78, 5) is 0. The smallest absolute Gasteiger partial charge is 0.132 e. The van der Waals surface area contributed by atoms with Crippen molar-refractivity contribution in [2.75, 3.05) is 0 Å². The number of rotatable bonds is 4. The van der Waals surface area contributed by atoms with Gasteiger partial charge in [0.1, 0.15) is 24.0 Å². The van der Waals surface area contributed by atoms with Crippen LogP contribution in [0.2, 0.25) is 0 Å². The predicted molar refractivity (Wildman–Crippen MR) is 69.7 cm³/mol. The van der Waals surface area contributed by atoms with Crippen molar-refractivity contribution in [2.24, 2.45) is 5.73 Å². The second-order valence-electron chi connectivity index (χ2n) is 4.32. The maximum atomic E-state index is 13.5. The van der Waals surface area contributed by atoms with Gasteiger partial charge in [0, 0.05) is 11.6 Å². The van der Waals surface area contributed by atoms with Gasteiger partial charge in [0.05, 0.1) is 5.56 Å². The number of hydrogen-bond donors (Lipinski definition) is 1. The number of hydrogen-bond acceptors (Lipinski definition) is 2. The number of halogens is 2. The molecule has 0 spiro atoms. The molecule has 2 rings (SSSR count). The zero-order valence-electron chi connectivity index (χ0n) is 10.6. The molecule has 0 saturated carbocycles. The third-order valence-corrected chi connectivity index (χ3v) is 2.84. The van der Waals surface area contributed by atoms with Crippen LogP contribution < -0.4 is 10.5 Å². The highest BCUT2D eigenvalue weighted by Gasteiger charge is 2.11. The Morgan fingerprint density at radius 1 is 1.05 bits per heavy atom. The van der Waals surface area contributed by atoms with E-state index in [0.717, 1.165) is 5.56 Å². The average Bonchev–Trinajstić information content (AvgIpc) is 2.38. The van der Waals surface area contributed by atoms with E-state index in [1.54, 1.807) is 12.1 Å². The second kappa shape index (κ2) is 5.80. The van der Waals surface area contributed by atoms with Crippen LogP contribution in [0.3, 0.4) is 0 Å². The van der Waals surface area contributed by atoms with E-state index in [9.17, 15) is 8.78 Å². The summed E-state index contributed by atoms with van der Waals surface area (Å²) < 4.78 is 32.4. The van der Waals surface area contributed by atoms with Crippen LogP contribution in [0.15, 0.2) is 42.5 Å². The Hall–Kier alpha value is -1.94. The molecular weight excluding hydrogens is 248 g/mol. The van der Waals surface area contributed by atoms with E-state index >= 15 is 0 Å². The van der Waals surface area contributed by atoms with Gasteiger partial charge >= 0.3 is 0 Å². The molecule has 0 heterocycles. The molecule has 1 atom stereocenters. The summed E-state index contributed by atoms with van der Waals surface area (Å²) in [5.41, 5.74) is 6.54. The van der Waals surface area contributed by atoms with E-state index in [1.807, 2.05) is 19.1 Å². The standard InChI is InChI=1S/C15H15F2NO/c1-10(18)11-5-2-3-8-15(11)19-9-12-13(16)6-4-7-14(12)17/h2-8,10H,9,18H2,1H3. The highest BCUT2D eigenvalue weighted by Crippen LogP contribution is 2.25. The highest BCUT2D eigenvalue weighted by molar-refractivity contribution is 5.35. The van der Waals surface area contributed by atoms with Crippen LogP contribution in [0.25, 0.3) is 0 Å². The van der Waals surface area contributed by atoms with Crippen LogP contribution in [0.4, 0.5) is 8.78 Å². The zero-order chi connectivity index (χ0) is 13.8. The SMILES string of the molecule is CC(N)c1ccccc1OCc1c(F)cccc1F. The number of benzene rings is 2. The van der Waals surface area contributed by atoms with Gasteiger partial charge in [-0.15, -0.1) is 0 Å². The quantitative estimate of drug-likeness (QED) is 0.915.